The molecule has 0 aliphatic carbocycles. The summed E-state index contributed by atoms with van der Waals surface area (Å²) in [5.74, 6) is -0.444. The van der Waals surface area contributed by atoms with Crippen LogP contribution in [0.5, 0.6) is 5.88 Å². The highest BCUT2D eigenvalue weighted by molar-refractivity contribution is 7.21. The molecule has 6 nitrogen and oxygen atoms in total. The molecule has 0 atom stereocenters. The Morgan fingerprint density at radius 3 is 3.15 bits per heavy atom. The monoisotopic (exact) mass is 289 g/mol. The fourth-order valence-electron chi connectivity index (χ4n) is 1.85. The van der Waals surface area contributed by atoms with Gasteiger partial charge in [0.25, 0.3) is 0 Å². The number of ether oxygens (including phenoxy) is 1. The molecule has 0 spiro atoms. The summed E-state index contributed by atoms with van der Waals surface area (Å²) in [5.41, 5.74) is 1.03. The zero-order chi connectivity index (χ0) is 14.1. The lowest BCUT2D eigenvalue weighted by Crippen LogP contribution is -2.03. The van der Waals surface area contributed by atoms with E-state index in [1.807, 2.05) is 0 Å². The van der Waals surface area contributed by atoms with E-state index in [0.717, 1.165) is 4.88 Å². The third-order valence-corrected chi connectivity index (χ3v) is 3.89. The number of fused-ring (bicyclic) bond motifs is 1. The Labute approximate surface area is 118 Å². The molecule has 0 amide bonds. The molecule has 1 N–H and O–H groups in total. The van der Waals surface area contributed by atoms with Crippen molar-refractivity contribution < 1.29 is 14.6 Å². The Kier molecular flexibility index (Phi) is 3.11. The number of aromatic nitrogens is 3. The van der Waals surface area contributed by atoms with E-state index in [2.05, 4.69) is 10.1 Å². The van der Waals surface area contributed by atoms with Crippen LogP contribution in [-0.2, 0) is 4.74 Å². The second-order valence-electron chi connectivity index (χ2n) is 4.00. The van der Waals surface area contributed by atoms with Crippen molar-refractivity contribution in [1.82, 2.24) is 14.6 Å². The van der Waals surface area contributed by atoms with Crippen LogP contribution in [0.2, 0.25) is 0 Å². The SMILES string of the molecule is CCOC(=O)c1cnn2cc(-c3cccnc3O)sc12. The molecule has 20 heavy (non-hydrogen) atoms. The lowest BCUT2D eigenvalue weighted by Gasteiger charge is -1.98. The summed E-state index contributed by atoms with van der Waals surface area (Å²) in [6, 6.07) is 3.50. The van der Waals surface area contributed by atoms with E-state index in [0.29, 0.717) is 22.6 Å². The normalized spacial score (nSPS) is 10.8. The zero-order valence-corrected chi connectivity index (χ0v) is 11.4. The summed E-state index contributed by atoms with van der Waals surface area (Å²) in [4.78, 5) is 17.1. The average Bonchev–Trinajstić information content (AvgIpc) is 2.99. The Morgan fingerprint density at radius 2 is 2.40 bits per heavy atom. The van der Waals surface area contributed by atoms with Crippen LogP contribution in [-0.4, -0.2) is 32.3 Å². The quantitative estimate of drug-likeness (QED) is 0.749. The second kappa shape index (κ2) is 4.93. The van der Waals surface area contributed by atoms with Crippen LogP contribution in [0, 0.1) is 0 Å². The smallest absolute Gasteiger partial charge is 0.342 e. The first-order valence-corrected chi connectivity index (χ1v) is 6.81. The van der Waals surface area contributed by atoms with Gasteiger partial charge < -0.3 is 9.84 Å². The van der Waals surface area contributed by atoms with Crippen molar-refractivity contribution in [2.75, 3.05) is 6.61 Å². The number of aromatic hydroxyl groups is 1. The molecule has 0 fully saturated rings. The van der Waals surface area contributed by atoms with Crippen LogP contribution >= 0.6 is 11.3 Å². The summed E-state index contributed by atoms with van der Waals surface area (Å²) >= 11 is 1.35. The number of carbonyl (C=O) groups excluding carboxylic acids is 1. The number of nitrogens with zero attached hydrogens (tertiary/aromatic N) is 3. The molecule has 102 valence electrons. The average molecular weight is 289 g/mol. The molecular weight excluding hydrogens is 278 g/mol. The zero-order valence-electron chi connectivity index (χ0n) is 10.6. The predicted molar refractivity (Wildman–Crippen MR) is 73.9 cm³/mol. The lowest BCUT2D eigenvalue weighted by molar-refractivity contribution is 0.0529. The first kappa shape index (κ1) is 12.6. The van der Waals surface area contributed by atoms with E-state index >= 15 is 0 Å². The molecule has 0 unspecified atom stereocenters. The van der Waals surface area contributed by atoms with Crippen LogP contribution < -0.4 is 0 Å². The van der Waals surface area contributed by atoms with Crippen molar-refractivity contribution >= 4 is 22.1 Å². The minimum atomic E-state index is -0.397. The standard InChI is InChI=1S/C13H11N3O3S/c1-2-19-13(18)9-6-15-16-7-10(20-12(9)16)8-4-3-5-14-11(8)17/h3-7H,2H2,1H3,(H,14,17). The summed E-state index contributed by atoms with van der Waals surface area (Å²) in [6.07, 6.45) is 4.75. The molecule has 0 aliphatic rings. The maximum atomic E-state index is 11.8. The van der Waals surface area contributed by atoms with E-state index in [1.54, 1.807) is 29.8 Å². The molecule has 0 aliphatic heterocycles. The molecular formula is C13H11N3O3S. The molecule has 3 aromatic heterocycles. The summed E-state index contributed by atoms with van der Waals surface area (Å²) in [5, 5.41) is 13.9. The number of hydrogen-bond acceptors (Lipinski definition) is 6. The Balaban J connectivity index is 2.08. The van der Waals surface area contributed by atoms with Crippen molar-refractivity contribution in [3.05, 3.63) is 36.3 Å². The van der Waals surface area contributed by atoms with Gasteiger partial charge in [0, 0.05) is 12.4 Å². The maximum absolute atomic E-state index is 11.8. The third kappa shape index (κ3) is 2.01. The van der Waals surface area contributed by atoms with Gasteiger partial charge in [0.1, 0.15) is 10.4 Å². The number of rotatable bonds is 3. The molecule has 0 aromatic carbocycles. The largest absolute Gasteiger partial charge is 0.493 e. The van der Waals surface area contributed by atoms with Crippen LogP contribution in [0.4, 0.5) is 0 Å². The lowest BCUT2D eigenvalue weighted by atomic mass is 10.2. The first-order chi connectivity index (χ1) is 9.70. The molecule has 0 saturated heterocycles. The van der Waals surface area contributed by atoms with Gasteiger partial charge >= 0.3 is 5.97 Å². The van der Waals surface area contributed by atoms with E-state index in [4.69, 9.17) is 4.74 Å². The topological polar surface area (TPSA) is 76.7 Å². The van der Waals surface area contributed by atoms with E-state index in [1.165, 1.54) is 23.7 Å². The molecule has 0 saturated carbocycles. The molecule has 0 bridgehead atoms. The van der Waals surface area contributed by atoms with E-state index in [9.17, 15) is 9.90 Å². The highest BCUT2D eigenvalue weighted by Gasteiger charge is 2.18. The highest BCUT2D eigenvalue weighted by Crippen LogP contribution is 2.34. The van der Waals surface area contributed by atoms with Gasteiger partial charge in [-0.05, 0) is 19.1 Å². The van der Waals surface area contributed by atoms with Gasteiger partial charge in [-0.3, -0.25) is 0 Å². The summed E-state index contributed by atoms with van der Waals surface area (Å²) in [6.45, 7) is 2.07. The molecule has 3 rings (SSSR count). The first-order valence-electron chi connectivity index (χ1n) is 5.99. The Bertz CT molecular complexity index is 778. The second-order valence-corrected chi connectivity index (χ2v) is 5.03. The van der Waals surface area contributed by atoms with Gasteiger partial charge in [0.2, 0.25) is 5.88 Å². The minimum Gasteiger partial charge on any atom is -0.493 e. The van der Waals surface area contributed by atoms with Crippen molar-refractivity contribution in [2.45, 2.75) is 6.92 Å². The van der Waals surface area contributed by atoms with E-state index < -0.39 is 5.97 Å². The van der Waals surface area contributed by atoms with Crippen LogP contribution in [0.1, 0.15) is 17.3 Å². The number of esters is 1. The Hall–Kier alpha value is -2.41. The van der Waals surface area contributed by atoms with Gasteiger partial charge in [-0.1, -0.05) is 0 Å². The molecule has 3 aromatic rings. The summed E-state index contributed by atoms with van der Waals surface area (Å²) < 4.78 is 6.58. The molecule has 7 heteroatoms. The van der Waals surface area contributed by atoms with Gasteiger partial charge in [-0.15, -0.1) is 11.3 Å². The van der Waals surface area contributed by atoms with Crippen molar-refractivity contribution in [3.63, 3.8) is 0 Å². The predicted octanol–water partition coefficient (Wildman–Crippen LogP) is 2.34. The fraction of sp³-hybridized carbons (Fsp3) is 0.154. The molecule has 0 radical (unpaired) electrons. The van der Waals surface area contributed by atoms with Crippen molar-refractivity contribution in [1.29, 1.82) is 0 Å². The van der Waals surface area contributed by atoms with Crippen LogP contribution in [0.25, 0.3) is 15.3 Å². The van der Waals surface area contributed by atoms with E-state index in [-0.39, 0.29) is 5.88 Å². The van der Waals surface area contributed by atoms with Gasteiger partial charge in [0.05, 0.1) is 23.2 Å². The van der Waals surface area contributed by atoms with Gasteiger partial charge in [0.15, 0.2) is 0 Å². The maximum Gasteiger partial charge on any atom is 0.342 e. The van der Waals surface area contributed by atoms with Crippen molar-refractivity contribution in [3.8, 4) is 16.3 Å². The number of carbonyl (C=O) groups is 1. The highest BCUT2D eigenvalue weighted by atomic mass is 32.1. The fourth-order valence-corrected chi connectivity index (χ4v) is 2.92. The van der Waals surface area contributed by atoms with Crippen molar-refractivity contribution in [2.24, 2.45) is 0 Å². The molecule has 3 heterocycles. The third-order valence-electron chi connectivity index (χ3n) is 2.74. The van der Waals surface area contributed by atoms with Gasteiger partial charge in [-0.25, -0.2) is 14.3 Å². The number of thiazole rings is 1. The van der Waals surface area contributed by atoms with Crippen LogP contribution in [0.15, 0.2) is 30.7 Å². The van der Waals surface area contributed by atoms with Crippen LogP contribution in [0.3, 0.4) is 0 Å². The minimum absolute atomic E-state index is 0.0466. The number of pyridine rings is 1. The summed E-state index contributed by atoms with van der Waals surface area (Å²) in [7, 11) is 0. The Morgan fingerprint density at radius 1 is 1.55 bits per heavy atom. The number of hydrogen-bond donors (Lipinski definition) is 1. The van der Waals surface area contributed by atoms with Gasteiger partial charge in [-0.2, -0.15) is 5.10 Å².